The van der Waals surface area contributed by atoms with Crippen LogP contribution in [0.3, 0.4) is 0 Å². The van der Waals surface area contributed by atoms with Crippen molar-refractivity contribution < 1.29 is 17.6 Å². The van der Waals surface area contributed by atoms with Gasteiger partial charge in [0.2, 0.25) is 5.91 Å². The Balaban J connectivity index is 1.53. The summed E-state index contributed by atoms with van der Waals surface area (Å²) in [4.78, 5) is 23.1. The number of halogens is 1. The largest absolute Gasteiger partial charge is 0.337 e. The third kappa shape index (κ3) is 5.03. The summed E-state index contributed by atoms with van der Waals surface area (Å²) in [5, 5.41) is 0.359. The van der Waals surface area contributed by atoms with Crippen LogP contribution in [0, 0.1) is 5.82 Å². The van der Waals surface area contributed by atoms with Gasteiger partial charge in [-0.3, -0.25) is 9.69 Å². The summed E-state index contributed by atoms with van der Waals surface area (Å²) in [7, 11) is -3.60. The van der Waals surface area contributed by atoms with Crippen molar-refractivity contribution in [3.8, 4) is 0 Å². The average Bonchev–Trinajstić information content (AvgIpc) is 3.46. The summed E-state index contributed by atoms with van der Waals surface area (Å²) >= 11 is 1.21. The zero-order chi connectivity index (χ0) is 22.6. The number of benzene rings is 2. The molecule has 0 N–H and O–H groups in total. The number of para-hydroxylation sites is 1. The van der Waals surface area contributed by atoms with Crippen molar-refractivity contribution in [1.82, 2.24) is 14.5 Å². The van der Waals surface area contributed by atoms with Gasteiger partial charge in [0.15, 0.2) is 15.0 Å². The van der Waals surface area contributed by atoms with Crippen molar-refractivity contribution in [1.29, 1.82) is 0 Å². The number of imidazole rings is 1. The first-order chi connectivity index (χ1) is 15.4. The summed E-state index contributed by atoms with van der Waals surface area (Å²) in [5.41, 5.74) is 0.205. The lowest BCUT2D eigenvalue weighted by Crippen LogP contribution is -2.33. The van der Waals surface area contributed by atoms with E-state index in [2.05, 4.69) is 9.97 Å². The maximum Gasteiger partial charge on any atom is 0.229 e. The third-order valence-electron chi connectivity index (χ3n) is 4.93. The van der Waals surface area contributed by atoms with E-state index in [4.69, 9.17) is 0 Å². The predicted octanol–water partition coefficient (Wildman–Crippen LogP) is 3.92. The molecule has 0 radical (unpaired) electrons. The molecule has 7 nitrogen and oxygen atoms in total. The van der Waals surface area contributed by atoms with Gasteiger partial charge in [0.05, 0.1) is 21.7 Å². The number of hydrogen-bond acceptors (Lipinski definition) is 6. The van der Waals surface area contributed by atoms with Gasteiger partial charge in [0.1, 0.15) is 11.3 Å². The number of carbonyl (C=O) groups excluding carboxylic acids is 1. The van der Waals surface area contributed by atoms with Crippen LogP contribution in [0.15, 0.2) is 72.1 Å². The Bertz CT molecular complexity index is 1310. The Morgan fingerprint density at radius 3 is 2.66 bits per heavy atom. The third-order valence-corrected chi connectivity index (χ3v) is 7.71. The first kappa shape index (κ1) is 22.1. The molecule has 2 aromatic carbocycles. The van der Waals surface area contributed by atoms with Crippen molar-refractivity contribution >= 4 is 42.4 Å². The number of aromatic nitrogens is 3. The van der Waals surface area contributed by atoms with Crippen molar-refractivity contribution in [3.63, 3.8) is 0 Å². The molecule has 4 rings (SSSR count). The van der Waals surface area contributed by atoms with Gasteiger partial charge in [-0.2, -0.15) is 0 Å². The highest BCUT2D eigenvalue weighted by molar-refractivity contribution is 7.91. The Morgan fingerprint density at radius 2 is 1.94 bits per heavy atom. The number of amides is 1. The standard InChI is InChI=1S/C22H21FN4O3S2/c23-18-8-4-9-19-21(18)25-22(31-19)27(13-5-12-26-14-11-24-16-26)20(28)10-15-32(29,30)17-6-2-1-3-7-17/h1-4,6-9,11,14,16H,5,10,12-13,15H2. The molecular formula is C22H21FN4O3S2. The molecule has 0 aliphatic carbocycles. The van der Waals surface area contributed by atoms with E-state index in [9.17, 15) is 17.6 Å². The minimum atomic E-state index is -3.60. The molecule has 0 bridgehead atoms. The Hall–Kier alpha value is -3.11. The highest BCUT2D eigenvalue weighted by atomic mass is 32.2. The summed E-state index contributed by atoms with van der Waals surface area (Å²) in [6.45, 7) is 0.954. The maximum absolute atomic E-state index is 14.1. The molecule has 2 aromatic heterocycles. The van der Waals surface area contributed by atoms with E-state index < -0.39 is 15.7 Å². The molecule has 0 aliphatic rings. The smallest absolute Gasteiger partial charge is 0.229 e. The van der Waals surface area contributed by atoms with Gasteiger partial charge in [-0.1, -0.05) is 35.6 Å². The highest BCUT2D eigenvalue weighted by Gasteiger charge is 2.23. The van der Waals surface area contributed by atoms with E-state index in [1.807, 2.05) is 10.8 Å². The van der Waals surface area contributed by atoms with Gasteiger partial charge in [0.25, 0.3) is 0 Å². The highest BCUT2D eigenvalue weighted by Crippen LogP contribution is 2.31. The van der Waals surface area contributed by atoms with E-state index in [1.54, 1.807) is 42.9 Å². The number of sulfone groups is 1. The van der Waals surface area contributed by atoms with Gasteiger partial charge < -0.3 is 4.57 Å². The Labute approximate surface area is 189 Å². The van der Waals surface area contributed by atoms with Crippen LogP contribution in [-0.4, -0.2) is 41.2 Å². The second-order valence-corrected chi connectivity index (χ2v) is 10.3. The SMILES string of the molecule is O=C(CCS(=O)(=O)c1ccccc1)N(CCCn1ccnc1)c1nc2c(F)cccc2s1. The number of anilines is 1. The van der Waals surface area contributed by atoms with Crippen LogP contribution in [0.4, 0.5) is 9.52 Å². The molecule has 0 saturated carbocycles. The predicted molar refractivity (Wildman–Crippen MR) is 122 cm³/mol. The molecule has 10 heteroatoms. The summed E-state index contributed by atoms with van der Waals surface area (Å²) in [5.74, 6) is -1.13. The molecule has 0 spiro atoms. The van der Waals surface area contributed by atoms with Crippen molar-refractivity contribution in [3.05, 3.63) is 73.1 Å². The molecule has 2 heterocycles. The number of thiazole rings is 1. The van der Waals surface area contributed by atoms with E-state index in [0.717, 1.165) is 0 Å². The number of rotatable bonds is 9. The fourth-order valence-electron chi connectivity index (χ4n) is 3.28. The molecular weight excluding hydrogens is 451 g/mol. The summed E-state index contributed by atoms with van der Waals surface area (Å²) in [6.07, 6.45) is 5.59. The molecule has 1 amide bonds. The topological polar surface area (TPSA) is 85.2 Å². The Kier molecular flexibility index (Phi) is 6.61. The van der Waals surface area contributed by atoms with E-state index in [-0.39, 0.29) is 28.5 Å². The number of carbonyl (C=O) groups is 1. The zero-order valence-corrected chi connectivity index (χ0v) is 18.7. The fraction of sp³-hybridized carbons (Fsp3) is 0.227. The monoisotopic (exact) mass is 472 g/mol. The van der Waals surface area contributed by atoms with Crippen LogP contribution in [-0.2, 0) is 21.2 Å². The van der Waals surface area contributed by atoms with Gasteiger partial charge in [-0.05, 0) is 30.7 Å². The molecule has 0 saturated heterocycles. The number of nitrogens with zero attached hydrogens (tertiary/aromatic N) is 4. The first-order valence-electron chi connectivity index (χ1n) is 10.0. The minimum Gasteiger partial charge on any atom is -0.337 e. The average molecular weight is 473 g/mol. The molecule has 4 aromatic rings. The van der Waals surface area contributed by atoms with E-state index in [0.29, 0.717) is 29.3 Å². The van der Waals surface area contributed by atoms with Crippen molar-refractivity contribution in [2.24, 2.45) is 0 Å². The molecule has 166 valence electrons. The van der Waals surface area contributed by atoms with Gasteiger partial charge in [-0.15, -0.1) is 0 Å². The first-order valence-corrected chi connectivity index (χ1v) is 12.5. The lowest BCUT2D eigenvalue weighted by atomic mass is 10.3. The maximum atomic E-state index is 14.1. The van der Waals surface area contributed by atoms with Gasteiger partial charge >= 0.3 is 0 Å². The normalized spacial score (nSPS) is 11.7. The van der Waals surface area contributed by atoms with Crippen LogP contribution in [0.1, 0.15) is 12.8 Å². The van der Waals surface area contributed by atoms with Crippen molar-refractivity contribution in [2.75, 3.05) is 17.2 Å². The van der Waals surface area contributed by atoms with Crippen LogP contribution < -0.4 is 4.90 Å². The summed E-state index contributed by atoms with van der Waals surface area (Å²) in [6, 6.07) is 12.7. The van der Waals surface area contributed by atoms with Crippen LogP contribution in [0.25, 0.3) is 10.2 Å². The fourth-order valence-corrected chi connectivity index (χ4v) is 5.55. The number of fused-ring (bicyclic) bond motifs is 1. The lowest BCUT2D eigenvalue weighted by molar-refractivity contribution is -0.118. The Morgan fingerprint density at radius 1 is 1.12 bits per heavy atom. The number of aryl methyl sites for hydroxylation is 1. The molecule has 32 heavy (non-hydrogen) atoms. The second-order valence-electron chi connectivity index (χ2n) is 7.16. The van der Waals surface area contributed by atoms with Crippen molar-refractivity contribution in [2.45, 2.75) is 24.3 Å². The van der Waals surface area contributed by atoms with E-state index in [1.165, 1.54) is 34.4 Å². The molecule has 0 atom stereocenters. The summed E-state index contributed by atoms with van der Waals surface area (Å²) < 4.78 is 41.9. The van der Waals surface area contributed by atoms with Gasteiger partial charge in [0, 0.05) is 31.9 Å². The van der Waals surface area contributed by atoms with Crippen LogP contribution >= 0.6 is 11.3 Å². The van der Waals surface area contributed by atoms with Crippen LogP contribution in [0.2, 0.25) is 0 Å². The molecule has 0 aliphatic heterocycles. The molecule has 0 fully saturated rings. The number of hydrogen-bond donors (Lipinski definition) is 0. The van der Waals surface area contributed by atoms with Gasteiger partial charge in [-0.25, -0.2) is 22.8 Å². The quantitative estimate of drug-likeness (QED) is 0.369. The zero-order valence-electron chi connectivity index (χ0n) is 17.1. The lowest BCUT2D eigenvalue weighted by Gasteiger charge is -2.20. The molecule has 0 unspecified atom stereocenters. The van der Waals surface area contributed by atoms with Crippen LogP contribution in [0.5, 0.6) is 0 Å². The van der Waals surface area contributed by atoms with E-state index >= 15 is 0 Å². The second kappa shape index (κ2) is 9.58. The minimum absolute atomic E-state index is 0.182.